The van der Waals surface area contributed by atoms with Crippen molar-refractivity contribution in [3.8, 4) is 0 Å². The molecule has 0 spiro atoms. The monoisotopic (exact) mass is 360 g/mol. The summed E-state index contributed by atoms with van der Waals surface area (Å²) in [6.07, 6.45) is 0. The highest BCUT2D eigenvalue weighted by Gasteiger charge is 2.13. The number of rotatable bonds is 5. The Morgan fingerprint density at radius 2 is 1.71 bits per heavy atom. The first-order valence-electron chi connectivity index (χ1n) is 7.86. The third-order valence-corrected chi connectivity index (χ3v) is 4.66. The van der Waals surface area contributed by atoms with Crippen LogP contribution < -0.4 is 10.2 Å². The molecule has 3 rings (SSSR count). The first-order valence-corrected chi connectivity index (χ1v) is 8.62. The number of nitrogens with one attached hydrogen (secondary N) is 1. The number of para-hydroxylation sites is 1. The van der Waals surface area contributed by atoms with Crippen molar-refractivity contribution >= 4 is 51.6 Å². The number of benzene rings is 2. The molecule has 124 valence electrons. The molecular formula is C18H18Cl2N4. The Kier molecular flexibility index (Phi) is 5.07. The van der Waals surface area contributed by atoms with Gasteiger partial charge in [-0.1, -0.05) is 41.4 Å². The van der Waals surface area contributed by atoms with Gasteiger partial charge in [-0.05, 0) is 38.1 Å². The van der Waals surface area contributed by atoms with Crippen molar-refractivity contribution in [2.24, 2.45) is 0 Å². The summed E-state index contributed by atoms with van der Waals surface area (Å²) < 4.78 is 0. The Hall–Kier alpha value is -2.04. The van der Waals surface area contributed by atoms with Crippen molar-refractivity contribution in [1.29, 1.82) is 0 Å². The summed E-state index contributed by atoms with van der Waals surface area (Å²) >= 11 is 12.3. The van der Waals surface area contributed by atoms with Crippen LogP contribution in [0.5, 0.6) is 0 Å². The Bertz CT molecular complexity index is 863. The molecule has 0 aliphatic carbocycles. The van der Waals surface area contributed by atoms with Crippen LogP contribution in [0.3, 0.4) is 0 Å². The molecule has 1 N–H and O–H groups in total. The van der Waals surface area contributed by atoms with Crippen LogP contribution in [0.2, 0.25) is 10.0 Å². The van der Waals surface area contributed by atoms with Crippen LogP contribution in [-0.2, 0) is 0 Å². The molecule has 4 nitrogen and oxygen atoms in total. The van der Waals surface area contributed by atoms with Crippen LogP contribution in [0.1, 0.15) is 13.8 Å². The van der Waals surface area contributed by atoms with Gasteiger partial charge < -0.3 is 10.2 Å². The fourth-order valence-electron chi connectivity index (χ4n) is 2.60. The molecule has 0 saturated heterocycles. The maximum Gasteiger partial charge on any atom is 0.229 e. The van der Waals surface area contributed by atoms with Crippen molar-refractivity contribution in [2.45, 2.75) is 13.8 Å². The maximum absolute atomic E-state index is 6.26. The zero-order valence-electron chi connectivity index (χ0n) is 13.6. The Morgan fingerprint density at radius 1 is 0.958 bits per heavy atom. The van der Waals surface area contributed by atoms with E-state index in [-0.39, 0.29) is 0 Å². The van der Waals surface area contributed by atoms with Gasteiger partial charge in [0.25, 0.3) is 0 Å². The van der Waals surface area contributed by atoms with Gasteiger partial charge in [0.15, 0.2) is 0 Å². The van der Waals surface area contributed by atoms with E-state index in [1.165, 1.54) is 0 Å². The highest BCUT2D eigenvalue weighted by Crippen LogP contribution is 2.32. The lowest BCUT2D eigenvalue weighted by molar-refractivity contribution is 0.850. The van der Waals surface area contributed by atoms with Crippen LogP contribution in [0.15, 0.2) is 42.5 Å². The second-order valence-corrected chi connectivity index (χ2v) is 6.07. The highest BCUT2D eigenvalue weighted by molar-refractivity contribution is 6.43. The van der Waals surface area contributed by atoms with Gasteiger partial charge in [0.1, 0.15) is 5.82 Å². The quantitative estimate of drug-likeness (QED) is 0.649. The van der Waals surface area contributed by atoms with E-state index in [0.717, 1.165) is 29.8 Å². The minimum absolute atomic E-state index is 0.459. The molecule has 6 heteroatoms. The van der Waals surface area contributed by atoms with Crippen LogP contribution in [0, 0.1) is 0 Å². The van der Waals surface area contributed by atoms with Gasteiger partial charge in [-0.15, -0.1) is 0 Å². The molecule has 0 atom stereocenters. The molecule has 0 fully saturated rings. The lowest BCUT2D eigenvalue weighted by atomic mass is 10.2. The molecule has 1 heterocycles. The minimum atomic E-state index is 0.459. The Balaban J connectivity index is 2.10. The molecule has 0 aliphatic heterocycles. The van der Waals surface area contributed by atoms with E-state index < -0.39 is 0 Å². The number of hydrogen-bond donors (Lipinski definition) is 1. The molecule has 0 radical (unpaired) electrons. The van der Waals surface area contributed by atoms with Gasteiger partial charge >= 0.3 is 0 Å². The number of halogens is 2. The molecule has 1 aromatic heterocycles. The van der Waals surface area contributed by atoms with Gasteiger partial charge in [0, 0.05) is 18.5 Å². The zero-order chi connectivity index (χ0) is 17.1. The number of nitrogens with zero attached hydrogens (tertiary/aromatic N) is 3. The average Bonchev–Trinajstić information content (AvgIpc) is 2.60. The summed E-state index contributed by atoms with van der Waals surface area (Å²) in [5.74, 6) is 1.41. The molecule has 24 heavy (non-hydrogen) atoms. The van der Waals surface area contributed by atoms with E-state index in [1.54, 1.807) is 6.07 Å². The van der Waals surface area contributed by atoms with Gasteiger partial charge in [-0.2, -0.15) is 4.98 Å². The smallest absolute Gasteiger partial charge is 0.229 e. The summed E-state index contributed by atoms with van der Waals surface area (Å²) in [5.41, 5.74) is 1.57. The van der Waals surface area contributed by atoms with E-state index in [4.69, 9.17) is 28.2 Å². The zero-order valence-corrected chi connectivity index (χ0v) is 15.1. The number of fused-ring (bicyclic) bond motifs is 1. The summed E-state index contributed by atoms with van der Waals surface area (Å²) in [7, 11) is 0. The van der Waals surface area contributed by atoms with Gasteiger partial charge in [0.2, 0.25) is 5.95 Å². The van der Waals surface area contributed by atoms with E-state index in [2.05, 4.69) is 29.0 Å². The van der Waals surface area contributed by atoms with Crippen molar-refractivity contribution in [3.63, 3.8) is 0 Å². The summed E-state index contributed by atoms with van der Waals surface area (Å²) in [4.78, 5) is 11.5. The Labute approximate surface area is 151 Å². The second-order valence-electron chi connectivity index (χ2n) is 5.29. The normalized spacial score (nSPS) is 10.8. The highest BCUT2D eigenvalue weighted by atomic mass is 35.5. The first-order chi connectivity index (χ1) is 11.6. The third kappa shape index (κ3) is 3.25. The summed E-state index contributed by atoms with van der Waals surface area (Å²) in [5, 5.41) is 5.17. The molecule has 3 aromatic rings. The fourth-order valence-corrected chi connectivity index (χ4v) is 2.95. The molecular weight excluding hydrogens is 343 g/mol. The average molecular weight is 361 g/mol. The van der Waals surface area contributed by atoms with Crippen LogP contribution in [0.25, 0.3) is 10.9 Å². The number of aromatic nitrogens is 2. The first kappa shape index (κ1) is 16.8. The maximum atomic E-state index is 6.26. The fraction of sp³-hybridized carbons (Fsp3) is 0.222. The van der Waals surface area contributed by atoms with E-state index in [9.17, 15) is 0 Å². The van der Waals surface area contributed by atoms with Crippen molar-refractivity contribution in [3.05, 3.63) is 52.5 Å². The van der Waals surface area contributed by atoms with E-state index in [1.807, 2.05) is 36.4 Å². The van der Waals surface area contributed by atoms with Crippen LogP contribution in [-0.4, -0.2) is 23.1 Å². The van der Waals surface area contributed by atoms with E-state index in [0.29, 0.717) is 21.7 Å². The molecule has 0 unspecified atom stereocenters. The molecule has 0 bridgehead atoms. The van der Waals surface area contributed by atoms with Gasteiger partial charge in [-0.25, -0.2) is 4.98 Å². The standard InChI is InChI=1S/C18H18Cl2N4/c1-3-24(4-2)17-12-8-5-6-10-14(12)21-18(23-17)22-15-11-7-9-13(19)16(15)20/h5-11H,3-4H2,1-2H3,(H,21,22,23). The lowest BCUT2D eigenvalue weighted by Crippen LogP contribution is -2.23. The topological polar surface area (TPSA) is 41.1 Å². The third-order valence-electron chi connectivity index (χ3n) is 3.84. The van der Waals surface area contributed by atoms with E-state index >= 15 is 0 Å². The van der Waals surface area contributed by atoms with Gasteiger partial charge in [-0.3, -0.25) is 0 Å². The minimum Gasteiger partial charge on any atom is -0.356 e. The molecule has 0 aliphatic rings. The molecule has 0 amide bonds. The number of anilines is 3. The van der Waals surface area contributed by atoms with Crippen LogP contribution >= 0.6 is 23.2 Å². The summed E-state index contributed by atoms with van der Waals surface area (Å²) in [6, 6.07) is 13.4. The predicted octanol–water partition coefficient (Wildman–Crippen LogP) is 5.53. The SMILES string of the molecule is CCN(CC)c1nc(Nc2cccc(Cl)c2Cl)nc2ccccc12. The number of hydrogen-bond acceptors (Lipinski definition) is 4. The Morgan fingerprint density at radius 3 is 2.46 bits per heavy atom. The van der Waals surface area contributed by atoms with Crippen molar-refractivity contribution in [2.75, 3.05) is 23.3 Å². The largest absolute Gasteiger partial charge is 0.356 e. The lowest BCUT2D eigenvalue weighted by Gasteiger charge is -2.22. The molecule has 0 saturated carbocycles. The van der Waals surface area contributed by atoms with Gasteiger partial charge in [0.05, 0.1) is 21.2 Å². The van der Waals surface area contributed by atoms with Crippen LogP contribution in [0.4, 0.5) is 17.5 Å². The second kappa shape index (κ2) is 7.24. The summed E-state index contributed by atoms with van der Waals surface area (Å²) in [6.45, 7) is 5.96. The van der Waals surface area contributed by atoms with Crippen molar-refractivity contribution < 1.29 is 0 Å². The predicted molar refractivity (Wildman–Crippen MR) is 103 cm³/mol. The van der Waals surface area contributed by atoms with Crippen molar-refractivity contribution in [1.82, 2.24) is 9.97 Å². The molecule has 2 aromatic carbocycles.